The van der Waals surface area contributed by atoms with E-state index >= 15 is 0 Å². The van der Waals surface area contributed by atoms with Crippen molar-refractivity contribution in [3.63, 3.8) is 0 Å². The van der Waals surface area contributed by atoms with Gasteiger partial charge in [0, 0.05) is 45.1 Å². The Balaban J connectivity index is 1.54. The predicted molar refractivity (Wildman–Crippen MR) is 158 cm³/mol. The third-order valence-corrected chi connectivity index (χ3v) is 8.10. The number of anilines is 2. The van der Waals surface area contributed by atoms with Crippen LogP contribution in [0.15, 0.2) is 6.33 Å². The highest BCUT2D eigenvalue weighted by molar-refractivity contribution is 7.90. The van der Waals surface area contributed by atoms with Gasteiger partial charge < -0.3 is 47.1 Å². The number of aliphatic hydroxyl groups is 2. The lowest BCUT2D eigenvalue weighted by molar-refractivity contribution is -0.148. The van der Waals surface area contributed by atoms with Crippen LogP contribution in [0.25, 0.3) is 11.2 Å². The lowest BCUT2D eigenvalue weighted by atomic mass is 10.1. The highest BCUT2D eigenvalue weighted by atomic mass is 32.2. The number of nitrogen functional groups attached to an aromatic ring is 1. The number of carbonyl (C=O) groups is 3. The van der Waals surface area contributed by atoms with E-state index in [1.807, 2.05) is 0 Å². The molecular weight excluding hydrogens is 602 g/mol. The molecule has 0 aliphatic carbocycles. The number of ether oxygens (including phenoxy) is 1. The zero-order chi connectivity index (χ0) is 32.6. The topological polar surface area (TPSA) is 278 Å². The van der Waals surface area contributed by atoms with Crippen LogP contribution >= 0.6 is 0 Å². The molecule has 9 N–H and O–H groups in total. The number of rotatable bonds is 17. The second-order valence-corrected chi connectivity index (χ2v) is 13.0. The molecular formula is C25H41N9O9S. The van der Waals surface area contributed by atoms with Crippen molar-refractivity contribution < 1.29 is 42.9 Å². The highest BCUT2D eigenvalue weighted by Crippen LogP contribution is 2.33. The maximum absolute atomic E-state index is 12.9. The molecule has 3 rings (SSSR count). The fourth-order valence-electron chi connectivity index (χ4n) is 4.55. The molecule has 0 radical (unpaired) electrons. The number of carboxylic acid groups (broad SMARTS) is 1. The van der Waals surface area contributed by atoms with Crippen LogP contribution in [0.4, 0.5) is 11.8 Å². The maximum Gasteiger partial charge on any atom is 0.320 e. The van der Waals surface area contributed by atoms with Crippen LogP contribution in [0.3, 0.4) is 0 Å². The molecule has 1 aliphatic heterocycles. The molecule has 2 amide bonds. The normalized spacial score (nSPS) is 20.8. The summed E-state index contributed by atoms with van der Waals surface area (Å²) in [5, 5.41) is 36.0. The molecule has 3 heterocycles. The summed E-state index contributed by atoms with van der Waals surface area (Å²) in [7, 11) is -1.57. The SMILES string of the molecule is CN(CC[C@H](N)C(=O)O)C(=O)[C@H]1O[C@@H](n2cnc3c(N)nc(NCCNC(=O)CCCCCCS(C)(=O)=O)nc32)[C@H](O)[C@@H]1O. The number of imidazole rings is 1. The molecule has 18 nitrogen and oxygen atoms in total. The molecule has 0 aromatic carbocycles. The third-order valence-electron chi connectivity index (χ3n) is 7.07. The van der Waals surface area contributed by atoms with Gasteiger partial charge in [-0.05, 0) is 19.3 Å². The number of aliphatic carboxylic acids is 1. The monoisotopic (exact) mass is 643 g/mol. The number of aromatic nitrogens is 4. The van der Waals surface area contributed by atoms with Crippen LogP contribution in [0.2, 0.25) is 0 Å². The van der Waals surface area contributed by atoms with Gasteiger partial charge in [-0.25, -0.2) is 13.4 Å². The molecule has 1 fully saturated rings. The summed E-state index contributed by atoms with van der Waals surface area (Å²) in [6.07, 6.45) is -0.368. The number of fused-ring (bicyclic) bond motifs is 1. The minimum absolute atomic E-state index is 0.0137. The number of unbranched alkanes of at least 4 members (excludes halogenated alkanes) is 3. The second kappa shape index (κ2) is 15.4. The number of aliphatic hydroxyl groups excluding tert-OH is 2. The van der Waals surface area contributed by atoms with Gasteiger partial charge in [0.05, 0.1) is 6.33 Å². The lowest BCUT2D eigenvalue weighted by Crippen LogP contribution is -2.45. The summed E-state index contributed by atoms with van der Waals surface area (Å²) in [6, 6.07) is -1.17. The summed E-state index contributed by atoms with van der Waals surface area (Å²) in [4.78, 5) is 49.8. The highest BCUT2D eigenvalue weighted by Gasteiger charge is 2.48. The van der Waals surface area contributed by atoms with Gasteiger partial charge in [0.25, 0.3) is 5.91 Å². The Labute approximate surface area is 254 Å². The van der Waals surface area contributed by atoms with E-state index < -0.39 is 52.3 Å². The number of sulfone groups is 1. The number of likely N-dealkylation sites (N-methyl/N-ethyl adjacent to an activating group) is 1. The molecule has 0 bridgehead atoms. The molecule has 0 saturated carbocycles. The number of amides is 2. The molecule has 0 unspecified atom stereocenters. The maximum atomic E-state index is 12.9. The summed E-state index contributed by atoms with van der Waals surface area (Å²) in [5.74, 6) is -1.76. The largest absolute Gasteiger partial charge is 0.480 e. The van der Waals surface area contributed by atoms with Crippen molar-refractivity contribution in [2.24, 2.45) is 5.73 Å². The van der Waals surface area contributed by atoms with Crippen molar-refractivity contribution >= 4 is 50.6 Å². The standard InChI is InChI=1S/C25H41N9O9S/c1-33(11-8-14(26)24(39)40)22(38)19-17(36)18(37)23(43-19)34-13-30-16-20(27)31-25(32-21(16)34)29-10-9-28-15(35)7-5-3-4-6-12-44(2,41)42/h13-14,17-19,23,36-37H,3-12,26H2,1-2H3,(H,28,35)(H,39,40)(H3,27,29,31,32)/t14-,17-,18+,19-,23+/m0/s1. The Morgan fingerprint density at radius 1 is 1.14 bits per heavy atom. The first-order valence-corrected chi connectivity index (χ1v) is 16.2. The fraction of sp³-hybridized carbons (Fsp3) is 0.680. The van der Waals surface area contributed by atoms with Crippen LogP contribution in [-0.2, 0) is 29.0 Å². The zero-order valence-corrected chi connectivity index (χ0v) is 25.4. The Morgan fingerprint density at radius 3 is 2.52 bits per heavy atom. The lowest BCUT2D eigenvalue weighted by Gasteiger charge is -2.23. The van der Waals surface area contributed by atoms with E-state index in [4.69, 9.17) is 21.3 Å². The summed E-state index contributed by atoms with van der Waals surface area (Å²) in [5.41, 5.74) is 11.9. The third kappa shape index (κ3) is 9.42. The van der Waals surface area contributed by atoms with Gasteiger partial charge in [-0.1, -0.05) is 12.8 Å². The van der Waals surface area contributed by atoms with Crippen molar-refractivity contribution in [1.29, 1.82) is 0 Å². The van der Waals surface area contributed by atoms with Crippen molar-refractivity contribution in [2.75, 3.05) is 49.7 Å². The first-order valence-electron chi connectivity index (χ1n) is 14.1. The average molecular weight is 644 g/mol. The summed E-state index contributed by atoms with van der Waals surface area (Å²) < 4.78 is 29.4. The van der Waals surface area contributed by atoms with Gasteiger partial charge in [0.15, 0.2) is 23.8 Å². The number of nitrogens with two attached hydrogens (primary N) is 2. The first kappa shape index (κ1) is 34.8. The fourth-order valence-corrected chi connectivity index (χ4v) is 5.28. The average Bonchev–Trinajstić information content (AvgIpc) is 3.51. The number of carboxylic acids is 1. The molecule has 246 valence electrons. The molecule has 1 aliphatic rings. The smallest absolute Gasteiger partial charge is 0.320 e. The van der Waals surface area contributed by atoms with Crippen molar-refractivity contribution in [1.82, 2.24) is 29.7 Å². The predicted octanol–water partition coefficient (Wildman–Crippen LogP) is -2.19. The molecule has 1 saturated heterocycles. The molecule has 19 heteroatoms. The summed E-state index contributed by atoms with van der Waals surface area (Å²) in [6.45, 7) is 0.508. The number of carbonyl (C=O) groups excluding carboxylic acids is 2. The Hall–Kier alpha value is -3.65. The number of hydrogen-bond donors (Lipinski definition) is 7. The van der Waals surface area contributed by atoms with Crippen LogP contribution in [0.5, 0.6) is 0 Å². The molecule has 0 spiro atoms. The van der Waals surface area contributed by atoms with Crippen molar-refractivity contribution in [3.05, 3.63) is 6.33 Å². The van der Waals surface area contributed by atoms with Gasteiger partial charge in [-0.15, -0.1) is 0 Å². The van der Waals surface area contributed by atoms with Gasteiger partial charge in [0.2, 0.25) is 11.9 Å². The first-order chi connectivity index (χ1) is 20.7. The van der Waals surface area contributed by atoms with Crippen LogP contribution in [-0.4, -0.2) is 129 Å². The number of nitrogens with one attached hydrogen (secondary N) is 2. The molecule has 5 atom stereocenters. The van der Waals surface area contributed by atoms with E-state index in [0.29, 0.717) is 19.3 Å². The Bertz CT molecular complexity index is 1420. The van der Waals surface area contributed by atoms with Crippen LogP contribution < -0.4 is 22.1 Å². The molecule has 44 heavy (non-hydrogen) atoms. The number of nitrogens with zero attached hydrogens (tertiary/aromatic N) is 5. The van der Waals surface area contributed by atoms with E-state index in [0.717, 1.165) is 12.8 Å². The van der Waals surface area contributed by atoms with Gasteiger partial charge in [0.1, 0.15) is 33.6 Å². The van der Waals surface area contributed by atoms with Crippen molar-refractivity contribution in [3.8, 4) is 0 Å². The second-order valence-electron chi connectivity index (χ2n) is 10.7. The summed E-state index contributed by atoms with van der Waals surface area (Å²) >= 11 is 0. The van der Waals surface area contributed by atoms with Gasteiger partial charge in [-0.3, -0.25) is 19.0 Å². The minimum atomic E-state index is -2.97. The minimum Gasteiger partial charge on any atom is -0.480 e. The number of hydrogen-bond acceptors (Lipinski definition) is 14. The van der Waals surface area contributed by atoms with E-state index in [9.17, 15) is 33.0 Å². The Morgan fingerprint density at radius 2 is 1.84 bits per heavy atom. The van der Waals surface area contributed by atoms with Gasteiger partial charge in [-0.2, -0.15) is 9.97 Å². The zero-order valence-electron chi connectivity index (χ0n) is 24.6. The Kier molecular flexibility index (Phi) is 12.2. The van der Waals surface area contributed by atoms with Crippen molar-refractivity contribution in [2.45, 2.75) is 69.1 Å². The van der Waals surface area contributed by atoms with E-state index in [2.05, 4.69) is 25.6 Å². The van der Waals surface area contributed by atoms with Crippen LogP contribution in [0, 0.1) is 0 Å². The van der Waals surface area contributed by atoms with E-state index in [-0.39, 0.29) is 60.6 Å². The van der Waals surface area contributed by atoms with Gasteiger partial charge >= 0.3 is 5.97 Å². The molecule has 2 aromatic rings. The van der Waals surface area contributed by atoms with E-state index in [1.54, 1.807) is 0 Å². The molecule has 2 aromatic heterocycles. The van der Waals surface area contributed by atoms with E-state index in [1.165, 1.54) is 29.1 Å². The van der Waals surface area contributed by atoms with Crippen LogP contribution in [0.1, 0.15) is 44.8 Å². The quantitative estimate of drug-likeness (QED) is 0.0902.